The molecule has 0 aliphatic heterocycles. The summed E-state index contributed by atoms with van der Waals surface area (Å²) in [7, 11) is -2.71. The molecule has 138 valence electrons. The second kappa shape index (κ2) is 6.62. The number of nitrogen functional groups attached to an aromatic ring is 1. The molecule has 1 aromatic heterocycles. The third kappa shape index (κ3) is 3.25. The van der Waals surface area contributed by atoms with Gasteiger partial charge in [-0.05, 0) is 30.2 Å². The lowest BCUT2D eigenvalue weighted by atomic mass is 10.1. The zero-order valence-electron chi connectivity index (χ0n) is 14.6. The summed E-state index contributed by atoms with van der Waals surface area (Å²) in [5, 5.41) is 1.63. The molecule has 1 heterocycles. The molecule has 3 N–H and O–H groups in total. The van der Waals surface area contributed by atoms with Crippen molar-refractivity contribution in [3.8, 4) is 0 Å². The average Bonchev–Trinajstić information content (AvgIpc) is 2.95. The fourth-order valence-corrected chi connectivity index (χ4v) is 4.11. The fourth-order valence-electron chi connectivity index (χ4n) is 2.76. The number of anilines is 1. The highest BCUT2D eigenvalue weighted by Crippen LogP contribution is 2.31. The first kappa shape index (κ1) is 18.2. The van der Waals surface area contributed by atoms with Gasteiger partial charge in [-0.3, -0.25) is 4.79 Å². The molecule has 3 aromatic rings. The van der Waals surface area contributed by atoms with Crippen LogP contribution in [0.1, 0.15) is 13.8 Å². The first-order chi connectivity index (χ1) is 12.2. The number of hydrogen-bond donors (Lipinski definition) is 2. The van der Waals surface area contributed by atoms with Crippen LogP contribution >= 0.6 is 0 Å². The van der Waals surface area contributed by atoms with Crippen LogP contribution in [0, 0.1) is 5.92 Å². The van der Waals surface area contributed by atoms with Crippen molar-refractivity contribution < 1.29 is 22.4 Å². The van der Waals surface area contributed by atoms with Crippen LogP contribution in [0.25, 0.3) is 21.9 Å². The van der Waals surface area contributed by atoms with Crippen LogP contribution in [0.3, 0.4) is 0 Å². The molecule has 0 bridgehead atoms. The van der Waals surface area contributed by atoms with Gasteiger partial charge in [0.1, 0.15) is 17.2 Å². The maximum atomic E-state index is 12.7. The van der Waals surface area contributed by atoms with Gasteiger partial charge in [0.15, 0.2) is 0 Å². The second-order valence-electron chi connectivity index (χ2n) is 6.38. The number of sulfonamides is 1. The summed E-state index contributed by atoms with van der Waals surface area (Å²) in [5.74, 6) is -0.904. The van der Waals surface area contributed by atoms with Crippen LogP contribution in [-0.4, -0.2) is 27.5 Å². The zero-order valence-corrected chi connectivity index (χ0v) is 15.5. The van der Waals surface area contributed by atoms with Crippen molar-refractivity contribution in [2.24, 2.45) is 5.92 Å². The third-order valence-electron chi connectivity index (χ3n) is 4.18. The standard InChI is InChI=1S/C18H20N2O5S/c1-10(2)17(18(21)24-3)20-26(22,23)12-5-7-14-13-6-4-11(19)8-15(13)25-16(14)9-12/h4-10,17,20H,19H2,1-3H3/t17-/m1/s1. The number of hydrogen-bond acceptors (Lipinski definition) is 6. The predicted molar refractivity (Wildman–Crippen MR) is 99.1 cm³/mol. The van der Waals surface area contributed by atoms with Gasteiger partial charge in [-0.1, -0.05) is 13.8 Å². The van der Waals surface area contributed by atoms with Gasteiger partial charge >= 0.3 is 5.97 Å². The van der Waals surface area contributed by atoms with Gasteiger partial charge in [0.05, 0.1) is 12.0 Å². The molecular weight excluding hydrogens is 356 g/mol. The number of esters is 1. The molecule has 0 spiro atoms. The molecule has 1 atom stereocenters. The van der Waals surface area contributed by atoms with Crippen molar-refractivity contribution in [2.75, 3.05) is 12.8 Å². The molecule has 0 fully saturated rings. The Kier molecular flexibility index (Phi) is 4.64. The van der Waals surface area contributed by atoms with Crippen molar-refractivity contribution in [1.29, 1.82) is 0 Å². The third-order valence-corrected chi connectivity index (χ3v) is 5.62. The highest BCUT2D eigenvalue weighted by atomic mass is 32.2. The molecule has 0 aliphatic rings. The minimum absolute atomic E-state index is 0.00609. The van der Waals surface area contributed by atoms with Gasteiger partial charge in [-0.15, -0.1) is 0 Å². The Morgan fingerprint density at radius 3 is 2.35 bits per heavy atom. The van der Waals surface area contributed by atoms with Crippen molar-refractivity contribution in [3.05, 3.63) is 36.4 Å². The lowest BCUT2D eigenvalue weighted by Gasteiger charge is -2.19. The molecule has 0 aliphatic carbocycles. The van der Waals surface area contributed by atoms with E-state index in [0.717, 1.165) is 10.8 Å². The summed E-state index contributed by atoms with van der Waals surface area (Å²) in [6.07, 6.45) is 0. The lowest BCUT2D eigenvalue weighted by molar-refractivity contribution is -0.143. The summed E-state index contributed by atoms with van der Waals surface area (Å²) in [5.41, 5.74) is 7.32. The number of ether oxygens (including phenoxy) is 1. The highest BCUT2D eigenvalue weighted by molar-refractivity contribution is 7.89. The van der Waals surface area contributed by atoms with Crippen LogP contribution in [-0.2, 0) is 19.6 Å². The molecular formula is C18H20N2O5S. The van der Waals surface area contributed by atoms with E-state index in [1.54, 1.807) is 32.0 Å². The molecule has 0 amide bonds. The Labute approximate surface area is 151 Å². The lowest BCUT2D eigenvalue weighted by Crippen LogP contribution is -2.44. The number of rotatable bonds is 5. The van der Waals surface area contributed by atoms with E-state index in [4.69, 9.17) is 10.2 Å². The average molecular weight is 376 g/mol. The van der Waals surface area contributed by atoms with E-state index in [9.17, 15) is 13.2 Å². The Bertz CT molecular complexity index is 1090. The van der Waals surface area contributed by atoms with Gasteiger partial charge in [0.2, 0.25) is 10.0 Å². The minimum Gasteiger partial charge on any atom is -0.468 e. The molecule has 0 saturated heterocycles. The van der Waals surface area contributed by atoms with Gasteiger partial charge in [-0.25, -0.2) is 8.42 Å². The van der Waals surface area contributed by atoms with E-state index >= 15 is 0 Å². The van der Waals surface area contributed by atoms with E-state index < -0.39 is 22.0 Å². The largest absolute Gasteiger partial charge is 0.468 e. The van der Waals surface area contributed by atoms with Gasteiger partial charge in [-0.2, -0.15) is 4.72 Å². The number of nitrogens with two attached hydrogens (primary N) is 1. The molecule has 8 heteroatoms. The van der Waals surface area contributed by atoms with E-state index in [1.165, 1.54) is 19.2 Å². The fraction of sp³-hybridized carbons (Fsp3) is 0.278. The smallest absolute Gasteiger partial charge is 0.324 e. The topological polar surface area (TPSA) is 112 Å². The monoisotopic (exact) mass is 376 g/mol. The number of carbonyl (C=O) groups is 1. The zero-order chi connectivity index (χ0) is 19.1. The van der Waals surface area contributed by atoms with E-state index in [1.807, 2.05) is 6.07 Å². The predicted octanol–water partition coefficient (Wildman–Crippen LogP) is 2.64. The van der Waals surface area contributed by atoms with Gasteiger partial charge in [0.25, 0.3) is 0 Å². The van der Waals surface area contributed by atoms with Crippen LogP contribution in [0.4, 0.5) is 5.69 Å². The van der Waals surface area contributed by atoms with Crippen molar-refractivity contribution in [1.82, 2.24) is 4.72 Å². The minimum atomic E-state index is -3.93. The Hall–Kier alpha value is -2.58. The molecule has 2 aromatic carbocycles. The first-order valence-electron chi connectivity index (χ1n) is 8.05. The van der Waals surface area contributed by atoms with Crippen molar-refractivity contribution in [2.45, 2.75) is 24.8 Å². The Morgan fingerprint density at radius 1 is 1.12 bits per heavy atom. The highest BCUT2D eigenvalue weighted by Gasteiger charge is 2.29. The second-order valence-corrected chi connectivity index (χ2v) is 8.10. The summed E-state index contributed by atoms with van der Waals surface area (Å²) in [6.45, 7) is 3.47. The molecule has 26 heavy (non-hydrogen) atoms. The van der Waals surface area contributed by atoms with Crippen LogP contribution in [0.15, 0.2) is 45.7 Å². The van der Waals surface area contributed by atoms with Gasteiger partial charge in [0, 0.05) is 28.6 Å². The van der Waals surface area contributed by atoms with Crippen molar-refractivity contribution in [3.63, 3.8) is 0 Å². The van der Waals surface area contributed by atoms with Crippen LogP contribution in [0.5, 0.6) is 0 Å². The SMILES string of the molecule is COC(=O)[C@H](NS(=O)(=O)c1ccc2c(c1)oc1cc(N)ccc12)C(C)C. The Balaban J connectivity index is 2.03. The van der Waals surface area contributed by atoms with E-state index in [0.29, 0.717) is 16.9 Å². The number of methoxy groups -OCH3 is 1. The Morgan fingerprint density at radius 2 is 1.73 bits per heavy atom. The van der Waals surface area contributed by atoms with E-state index in [-0.39, 0.29) is 10.8 Å². The van der Waals surface area contributed by atoms with Crippen molar-refractivity contribution >= 4 is 43.6 Å². The maximum Gasteiger partial charge on any atom is 0.324 e. The summed E-state index contributed by atoms with van der Waals surface area (Å²) in [6, 6.07) is 8.88. The molecule has 0 radical (unpaired) electrons. The van der Waals surface area contributed by atoms with Crippen LogP contribution < -0.4 is 10.5 Å². The maximum absolute atomic E-state index is 12.7. The summed E-state index contributed by atoms with van der Waals surface area (Å²) >= 11 is 0. The quantitative estimate of drug-likeness (QED) is 0.523. The van der Waals surface area contributed by atoms with E-state index in [2.05, 4.69) is 9.46 Å². The number of fused-ring (bicyclic) bond motifs is 3. The van der Waals surface area contributed by atoms with Gasteiger partial charge < -0.3 is 14.9 Å². The molecule has 0 unspecified atom stereocenters. The molecule has 3 rings (SSSR count). The number of carbonyl (C=O) groups excluding carboxylic acids is 1. The molecule has 7 nitrogen and oxygen atoms in total. The normalized spacial score (nSPS) is 13.4. The van der Waals surface area contributed by atoms with Crippen LogP contribution in [0.2, 0.25) is 0 Å². The number of benzene rings is 2. The molecule has 0 saturated carbocycles. The summed E-state index contributed by atoms with van der Waals surface area (Å²) < 4.78 is 38.2. The summed E-state index contributed by atoms with van der Waals surface area (Å²) in [4.78, 5) is 11.9. The first-order valence-corrected chi connectivity index (χ1v) is 9.53. The number of nitrogens with one attached hydrogen (secondary N) is 1. The number of furan rings is 1.